The standard InChI is InChI=1S/C22H22N4O3/c1-21(2,3)18-23-17(29-25-18)14-26-19(27)22(24-20(26)28,15-10-6-4-7-11-15)16-12-8-5-9-13-16/h4-13H,14H2,1-3H3,(H,24,28). The lowest BCUT2D eigenvalue weighted by Gasteiger charge is -2.27. The maximum atomic E-state index is 13.6. The Morgan fingerprint density at radius 2 is 1.52 bits per heavy atom. The number of amides is 3. The summed E-state index contributed by atoms with van der Waals surface area (Å²) in [5, 5.41) is 6.88. The van der Waals surface area contributed by atoms with Gasteiger partial charge < -0.3 is 9.84 Å². The second-order valence-corrected chi connectivity index (χ2v) is 8.07. The summed E-state index contributed by atoms with van der Waals surface area (Å²) < 4.78 is 5.29. The van der Waals surface area contributed by atoms with Crippen molar-refractivity contribution in [2.45, 2.75) is 38.3 Å². The van der Waals surface area contributed by atoms with Crippen LogP contribution in [0.1, 0.15) is 43.6 Å². The van der Waals surface area contributed by atoms with Crippen molar-refractivity contribution < 1.29 is 14.1 Å². The number of benzene rings is 2. The summed E-state index contributed by atoms with van der Waals surface area (Å²) in [6.45, 7) is 5.80. The van der Waals surface area contributed by atoms with Crippen LogP contribution in [-0.4, -0.2) is 27.0 Å². The van der Waals surface area contributed by atoms with Gasteiger partial charge >= 0.3 is 6.03 Å². The summed E-state index contributed by atoms with van der Waals surface area (Å²) in [7, 11) is 0. The van der Waals surface area contributed by atoms with Crippen molar-refractivity contribution in [1.29, 1.82) is 0 Å². The molecule has 0 atom stereocenters. The fraction of sp³-hybridized carbons (Fsp3) is 0.273. The van der Waals surface area contributed by atoms with Crippen molar-refractivity contribution >= 4 is 11.9 Å². The van der Waals surface area contributed by atoms with E-state index >= 15 is 0 Å². The average molecular weight is 390 g/mol. The molecule has 7 nitrogen and oxygen atoms in total. The number of aromatic nitrogens is 2. The van der Waals surface area contributed by atoms with Crippen molar-refractivity contribution in [1.82, 2.24) is 20.4 Å². The highest BCUT2D eigenvalue weighted by molar-refractivity contribution is 6.09. The van der Waals surface area contributed by atoms with E-state index in [1.165, 1.54) is 0 Å². The number of carbonyl (C=O) groups excluding carboxylic acids is 2. The number of hydrogen-bond acceptors (Lipinski definition) is 5. The third-order valence-electron chi connectivity index (χ3n) is 4.95. The minimum absolute atomic E-state index is 0.0881. The number of urea groups is 1. The van der Waals surface area contributed by atoms with Crippen LogP contribution in [0.3, 0.4) is 0 Å². The van der Waals surface area contributed by atoms with Crippen molar-refractivity contribution in [3.8, 4) is 0 Å². The smallest absolute Gasteiger partial charge is 0.326 e. The second kappa shape index (κ2) is 6.84. The van der Waals surface area contributed by atoms with Crippen LogP contribution < -0.4 is 5.32 Å². The highest BCUT2D eigenvalue weighted by Gasteiger charge is 2.54. The van der Waals surface area contributed by atoms with E-state index in [2.05, 4.69) is 15.5 Å². The van der Waals surface area contributed by atoms with Crippen LogP contribution in [-0.2, 0) is 22.3 Å². The normalized spacial score (nSPS) is 16.2. The lowest BCUT2D eigenvalue weighted by atomic mass is 9.82. The summed E-state index contributed by atoms with van der Waals surface area (Å²) in [6.07, 6.45) is 0. The minimum atomic E-state index is -1.30. The van der Waals surface area contributed by atoms with Gasteiger partial charge in [0.05, 0.1) is 0 Å². The van der Waals surface area contributed by atoms with E-state index in [4.69, 9.17) is 4.52 Å². The molecule has 2 heterocycles. The van der Waals surface area contributed by atoms with Gasteiger partial charge in [-0.3, -0.25) is 9.69 Å². The molecule has 2 aromatic carbocycles. The van der Waals surface area contributed by atoms with Gasteiger partial charge in [0.1, 0.15) is 6.54 Å². The van der Waals surface area contributed by atoms with Crippen LogP contribution in [0.5, 0.6) is 0 Å². The molecule has 1 N–H and O–H groups in total. The third-order valence-corrected chi connectivity index (χ3v) is 4.95. The van der Waals surface area contributed by atoms with E-state index in [1.54, 1.807) is 0 Å². The molecule has 4 rings (SSSR count). The van der Waals surface area contributed by atoms with Gasteiger partial charge in [-0.2, -0.15) is 4.98 Å². The molecule has 0 bridgehead atoms. The molecule has 1 saturated heterocycles. The molecule has 0 unspecified atom stereocenters. The molecule has 0 aliphatic carbocycles. The molecule has 148 valence electrons. The molecular weight excluding hydrogens is 368 g/mol. The Kier molecular flexibility index (Phi) is 4.45. The summed E-state index contributed by atoms with van der Waals surface area (Å²) in [6, 6.07) is 17.9. The Hall–Kier alpha value is -3.48. The number of carbonyl (C=O) groups is 2. The van der Waals surface area contributed by atoms with Gasteiger partial charge in [0, 0.05) is 5.41 Å². The molecule has 7 heteroatoms. The number of hydrogen-bond donors (Lipinski definition) is 1. The fourth-order valence-corrected chi connectivity index (χ4v) is 3.41. The van der Waals surface area contributed by atoms with Crippen LogP contribution in [0, 0.1) is 0 Å². The maximum absolute atomic E-state index is 13.6. The van der Waals surface area contributed by atoms with E-state index in [0.717, 1.165) is 4.90 Å². The van der Waals surface area contributed by atoms with Gasteiger partial charge in [-0.25, -0.2) is 4.79 Å². The molecule has 1 aromatic heterocycles. The SMILES string of the molecule is CC(C)(C)c1noc(CN2C(=O)NC(c3ccccc3)(c3ccccc3)C2=O)n1. The zero-order valence-electron chi connectivity index (χ0n) is 16.5. The summed E-state index contributed by atoms with van der Waals surface area (Å²) in [5.41, 5.74) is -0.218. The number of imide groups is 1. The van der Waals surface area contributed by atoms with E-state index < -0.39 is 11.6 Å². The van der Waals surface area contributed by atoms with Gasteiger partial charge in [0.25, 0.3) is 5.91 Å². The molecule has 0 radical (unpaired) electrons. The molecule has 0 spiro atoms. The zero-order chi connectivity index (χ0) is 20.6. The Morgan fingerprint density at radius 1 is 0.966 bits per heavy atom. The average Bonchev–Trinajstić information content (AvgIpc) is 3.29. The number of nitrogens with zero attached hydrogens (tertiary/aromatic N) is 3. The van der Waals surface area contributed by atoms with Crippen molar-refractivity contribution in [3.05, 3.63) is 83.5 Å². The van der Waals surface area contributed by atoms with Gasteiger partial charge in [0.15, 0.2) is 11.4 Å². The Bertz CT molecular complexity index is 999. The molecule has 3 amide bonds. The lowest BCUT2D eigenvalue weighted by molar-refractivity contribution is -0.130. The lowest BCUT2D eigenvalue weighted by Crippen LogP contribution is -2.45. The molecular formula is C22H22N4O3. The topological polar surface area (TPSA) is 88.3 Å². The van der Waals surface area contributed by atoms with E-state index in [0.29, 0.717) is 17.0 Å². The maximum Gasteiger partial charge on any atom is 0.326 e. The van der Waals surface area contributed by atoms with E-state index in [-0.39, 0.29) is 23.8 Å². The molecule has 3 aromatic rings. The van der Waals surface area contributed by atoms with Crippen molar-refractivity contribution in [2.24, 2.45) is 0 Å². The van der Waals surface area contributed by atoms with Crippen LogP contribution in [0.4, 0.5) is 4.79 Å². The largest absolute Gasteiger partial charge is 0.337 e. The quantitative estimate of drug-likeness (QED) is 0.690. The van der Waals surface area contributed by atoms with E-state index in [1.807, 2.05) is 81.4 Å². The van der Waals surface area contributed by atoms with Crippen LogP contribution in [0.25, 0.3) is 0 Å². The molecule has 0 saturated carbocycles. The first-order valence-corrected chi connectivity index (χ1v) is 9.40. The number of nitrogens with one attached hydrogen (secondary N) is 1. The van der Waals surface area contributed by atoms with Crippen LogP contribution >= 0.6 is 0 Å². The van der Waals surface area contributed by atoms with Crippen molar-refractivity contribution in [2.75, 3.05) is 0 Å². The van der Waals surface area contributed by atoms with Crippen molar-refractivity contribution in [3.63, 3.8) is 0 Å². The highest BCUT2D eigenvalue weighted by Crippen LogP contribution is 2.36. The summed E-state index contributed by atoms with van der Waals surface area (Å²) in [4.78, 5) is 31.9. The first kappa shape index (κ1) is 18.9. The molecule has 1 fully saturated rings. The highest BCUT2D eigenvalue weighted by atomic mass is 16.5. The van der Waals surface area contributed by atoms with Gasteiger partial charge in [-0.05, 0) is 11.1 Å². The first-order valence-electron chi connectivity index (χ1n) is 9.40. The molecule has 1 aliphatic heterocycles. The van der Waals surface area contributed by atoms with E-state index in [9.17, 15) is 9.59 Å². The minimum Gasteiger partial charge on any atom is -0.337 e. The number of rotatable bonds is 4. The van der Waals surface area contributed by atoms with Gasteiger partial charge in [-0.15, -0.1) is 0 Å². The predicted octanol–water partition coefficient (Wildman–Crippen LogP) is 3.36. The zero-order valence-corrected chi connectivity index (χ0v) is 16.5. The summed E-state index contributed by atoms with van der Waals surface area (Å²) >= 11 is 0. The monoisotopic (exact) mass is 390 g/mol. The Morgan fingerprint density at radius 3 is 2.00 bits per heavy atom. The Balaban J connectivity index is 1.73. The first-order chi connectivity index (χ1) is 13.8. The second-order valence-electron chi connectivity index (χ2n) is 8.07. The third kappa shape index (κ3) is 3.18. The van der Waals surface area contributed by atoms with Crippen LogP contribution in [0.15, 0.2) is 65.2 Å². The Labute approximate surface area is 168 Å². The fourth-order valence-electron chi connectivity index (χ4n) is 3.41. The predicted molar refractivity (Wildman–Crippen MR) is 106 cm³/mol. The van der Waals surface area contributed by atoms with Crippen LogP contribution in [0.2, 0.25) is 0 Å². The van der Waals surface area contributed by atoms with Gasteiger partial charge in [-0.1, -0.05) is 86.6 Å². The van der Waals surface area contributed by atoms with Gasteiger partial charge in [0.2, 0.25) is 5.89 Å². The summed E-state index contributed by atoms with van der Waals surface area (Å²) in [5.74, 6) is 0.364. The molecule has 1 aliphatic rings. The molecule has 29 heavy (non-hydrogen) atoms.